The molecule has 4 rings (SSSR count). The molecule has 1 unspecified atom stereocenters. The third-order valence-corrected chi connectivity index (χ3v) is 9.17. The number of hydrogen-bond acceptors (Lipinski definition) is 4. The van der Waals surface area contributed by atoms with Crippen LogP contribution in [0.4, 0.5) is 0 Å². The quantitative estimate of drug-likeness (QED) is 0.352. The van der Waals surface area contributed by atoms with Crippen molar-refractivity contribution in [3.05, 3.63) is 23.3 Å². The van der Waals surface area contributed by atoms with E-state index in [2.05, 4.69) is 21.9 Å². The van der Waals surface area contributed by atoms with Crippen LogP contribution in [0.5, 0.6) is 11.5 Å². The van der Waals surface area contributed by atoms with Gasteiger partial charge in [0.15, 0.2) is 0 Å². The number of ketones is 1. The molecule has 3 atom stereocenters. The second kappa shape index (κ2) is 7.54. The van der Waals surface area contributed by atoms with Gasteiger partial charge in [0.1, 0.15) is 0 Å². The minimum atomic E-state index is -0.423. The standard InChI is InChI=1S/C22H31INO3/c1-4-16-8-10-17(25)20-19(16)22(11-12-24(23-3)13-15-6-7-15)14(2)5-9-18(26)21(22)27-20/h8,10,14-15,21,25H,4-7,9,11-13H2,1-3H3/q-1/t14?,21-,22-/m0/s1. The maximum atomic E-state index is 12.9. The first-order chi connectivity index (χ1) is 13.0. The van der Waals surface area contributed by atoms with E-state index < -0.39 is 6.10 Å². The first-order valence-electron chi connectivity index (χ1n) is 10.3. The van der Waals surface area contributed by atoms with E-state index in [1.807, 2.05) is 6.07 Å². The molecule has 27 heavy (non-hydrogen) atoms. The van der Waals surface area contributed by atoms with Gasteiger partial charge in [0.25, 0.3) is 0 Å². The molecule has 1 aliphatic heterocycles. The molecule has 0 aromatic heterocycles. The van der Waals surface area contributed by atoms with Crippen LogP contribution in [0.2, 0.25) is 0 Å². The van der Waals surface area contributed by atoms with Crippen LogP contribution < -0.4 is 26.2 Å². The molecule has 0 radical (unpaired) electrons. The summed E-state index contributed by atoms with van der Waals surface area (Å²) in [6.07, 6.45) is 5.69. The Bertz CT molecular complexity index is 733. The van der Waals surface area contributed by atoms with Gasteiger partial charge in [-0.15, -0.1) is 0 Å². The average molecular weight is 484 g/mol. The molecule has 150 valence electrons. The van der Waals surface area contributed by atoms with Crippen molar-refractivity contribution in [2.45, 2.75) is 63.9 Å². The number of benzene rings is 1. The van der Waals surface area contributed by atoms with E-state index >= 15 is 0 Å². The van der Waals surface area contributed by atoms with Gasteiger partial charge in [-0.2, -0.15) is 0 Å². The molecule has 0 bridgehead atoms. The summed E-state index contributed by atoms with van der Waals surface area (Å²) in [6, 6.07) is 3.76. The van der Waals surface area contributed by atoms with Crippen molar-refractivity contribution in [1.82, 2.24) is 3.11 Å². The van der Waals surface area contributed by atoms with Crippen LogP contribution in [0.25, 0.3) is 0 Å². The molecule has 1 heterocycles. The Morgan fingerprint density at radius 1 is 1.33 bits per heavy atom. The van der Waals surface area contributed by atoms with E-state index in [0.717, 1.165) is 37.3 Å². The maximum absolute atomic E-state index is 12.9. The normalized spacial score (nSPS) is 29.7. The van der Waals surface area contributed by atoms with Crippen molar-refractivity contribution in [1.29, 1.82) is 0 Å². The number of phenolic OH excluding ortho intramolecular Hbond substituents is 1. The van der Waals surface area contributed by atoms with E-state index in [4.69, 9.17) is 4.74 Å². The molecule has 0 amide bonds. The van der Waals surface area contributed by atoms with E-state index in [0.29, 0.717) is 18.1 Å². The van der Waals surface area contributed by atoms with Gasteiger partial charge in [-0.3, -0.25) is 0 Å². The Hall–Kier alpha value is -0.820. The number of phenols is 1. The first-order valence-corrected chi connectivity index (χ1v) is 13.4. The number of Topliss-reactive ketones (excluding diaryl/α,β-unsaturated/α-hetero) is 1. The SMILES string of the molecule is CCc1ccc(O)c2c1[C@]1(CCN(CC3CC3)[I-]C)C(C)CCC(=O)[C@@H]1O2. The molecule has 1 aromatic carbocycles. The number of halogens is 1. The van der Waals surface area contributed by atoms with Gasteiger partial charge in [0.2, 0.25) is 0 Å². The van der Waals surface area contributed by atoms with Crippen LogP contribution in [0.15, 0.2) is 12.1 Å². The summed E-state index contributed by atoms with van der Waals surface area (Å²) in [5.74, 6) is 2.26. The zero-order valence-electron chi connectivity index (χ0n) is 16.6. The van der Waals surface area contributed by atoms with Gasteiger partial charge >= 0.3 is 174 Å². The Labute approximate surface area is 173 Å². The van der Waals surface area contributed by atoms with E-state index in [9.17, 15) is 9.90 Å². The first kappa shape index (κ1) is 19.5. The third-order valence-electron chi connectivity index (χ3n) is 6.93. The summed E-state index contributed by atoms with van der Waals surface area (Å²) < 4.78 is 8.87. The summed E-state index contributed by atoms with van der Waals surface area (Å²) in [6.45, 7) is 6.70. The van der Waals surface area contributed by atoms with Crippen molar-refractivity contribution in [3.63, 3.8) is 0 Å². The Morgan fingerprint density at radius 3 is 2.78 bits per heavy atom. The fourth-order valence-electron chi connectivity index (χ4n) is 5.13. The third kappa shape index (κ3) is 3.28. The number of fused-ring (bicyclic) bond motifs is 3. The van der Waals surface area contributed by atoms with Crippen LogP contribution in [0.1, 0.15) is 57.1 Å². The fourth-order valence-corrected chi connectivity index (χ4v) is 6.80. The van der Waals surface area contributed by atoms with Gasteiger partial charge in [0, 0.05) is 0 Å². The van der Waals surface area contributed by atoms with Gasteiger partial charge < -0.3 is 0 Å². The molecule has 1 N–H and O–H groups in total. The van der Waals surface area contributed by atoms with Crippen molar-refractivity contribution >= 4 is 5.78 Å². The monoisotopic (exact) mass is 484 g/mol. The summed E-state index contributed by atoms with van der Waals surface area (Å²) >= 11 is 0.0428. The van der Waals surface area contributed by atoms with Crippen molar-refractivity contribution in [2.24, 2.45) is 11.8 Å². The molecule has 2 saturated carbocycles. The molecule has 0 spiro atoms. The predicted molar refractivity (Wildman–Crippen MR) is 102 cm³/mol. The van der Waals surface area contributed by atoms with Crippen molar-refractivity contribution < 1.29 is 36.1 Å². The van der Waals surface area contributed by atoms with Crippen LogP contribution >= 0.6 is 0 Å². The van der Waals surface area contributed by atoms with Gasteiger partial charge in [-0.25, -0.2) is 0 Å². The predicted octanol–water partition coefficient (Wildman–Crippen LogP) is 0.688. The second-order valence-corrected chi connectivity index (χ2v) is 10.8. The molecule has 5 heteroatoms. The number of aromatic hydroxyl groups is 1. The number of rotatable bonds is 7. The number of hydrogen-bond donors (Lipinski definition) is 1. The number of ether oxygens (including phenoxy) is 1. The van der Waals surface area contributed by atoms with Crippen LogP contribution in [0, 0.1) is 11.8 Å². The second-order valence-electron chi connectivity index (χ2n) is 8.48. The number of nitrogens with zero attached hydrogens (tertiary/aromatic N) is 1. The van der Waals surface area contributed by atoms with Gasteiger partial charge in [-0.1, -0.05) is 0 Å². The fraction of sp³-hybridized carbons (Fsp3) is 0.682. The number of aryl methyl sites for hydroxylation is 1. The molecule has 2 aliphatic carbocycles. The molecular formula is C22H31INO3-. The zero-order valence-corrected chi connectivity index (χ0v) is 18.8. The number of carbonyl (C=O) groups excluding carboxylic acids is 1. The molecule has 3 aliphatic rings. The average Bonchev–Trinajstić information content (AvgIpc) is 3.41. The summed E-state index contributed by atoms with van der Waals surface area (Å²) in [5.41, 5.74) is 2.08. The van der Waals surface area contributed by atoms with Crippen LogP contribution in [0.3, 0.4) is 0 Å². The van der Waals surface area contributed by atoms with Crippen molar-refractivity contribution in [3.8, 4) is 11.5 Å². The summed E-state index contributed by atoms with van der Waals surface area (Å²) in [4.78, 5) is 15.2. The van der Waals surface area contributed by atoms with E-state index in [1.54, 1.807) is 6.07 Å². The van der Waals surface area contributed by atoms with Crippen molar-refractivity contribution in [2.75, 3.05) is 18.0 Å². The Morgan fingerprint density at radius 2 is 2.11 bits per heavy atom. The molecule has 4 nitrogen and oxygen atoms in total. The molecular weight excluding hydrogens is 453 g/mol. The molecule has 1 aromatic rings. The molecule has 0 saturated heterocycles. The van der Waals surface area contributed by atoms with Crippen LogP contribution in [-0.4, -0.2) is 38.1 Å². The summed E-state index contributed by atoms with van der Waals surface area (Å²) in [5, 5.41) is 10.5. The zero-order chi connectivity index (χ0) is 19.2. The summed E-state index contributed by atoms with van der Waals surface area (Å²) in [7, 11) is 0. The minimum absolute atomic E-state index is 0.0428. The van der Waals surface area contributed by atoms with Gasteiger partial charge in [0.05, 0.1) is 0 Å². The van der Waals surface area contributed by atoms with E-state index in [-0.39, 0.29) is 38.4 Å². The van der Waals surface area contributed by atoms with Crippen LogP contribution in [-0.2, 0) is 16.6 Å². The number of alkyl halides is 1. The topological polar surface area (TPSA) is 49.8 Å². The Balaban J connectivity index is 1.73. The number of carbonyl (C=O) groups is 1. The van der Waals surface area contributed by atoms with Gasteiger partial charge in [-0.05, 0) is 0 Å². The van der Waals surface area contributed by atoms with E-state index in [1.165, 1.54) is 24.9 Å². The Kier molecular flexibility index (Phi) is 5.45. The molecule has 2 fully saturated rings.